The zero-order chi connectivity index (χ0) is 18.1. The second-order valence-electron chi connectivity index (χ2n) is 5.64. The second-order valence-corrected chi connectivity index (χ2v) is 5.64. The number of aryl methyl sites for hydroxylation is 2. The molecule has 10 nitrogen and oxygen atoms in total. The molecule has 0 saturated carbocycles. The number of nitrogens with one attached hydrogen (secondary N) is 3. The topological polar surface area (TPSA) is 139 Å². The molecule has 0 spiro atoms. The first-order valence-electron chi connectivity index (χ1n) is 7.55. The Morgan fingerprint density at radius 1 is 1.32 bits per heavy atom. The third-order valence-corrected chi connectivity index (χ3v) is 3.88. The van der Waals surface area contributed by atoms with Gasteiger partial charge in [-0.2, -0.15) is 5.10 Å². The van der Waals surface area contributed by atoms with Gasteiger partial charge in [-0.25, -0.2) is 4.79 Å². The van der Waals surface area contributed by atoms with Crippen LogP contribution in [0.1, 0.15) is 17.8 Å². The van der Waals surface area contributed by atoms with Crippen molar-refractivity contribution in [2.75, 3.05) is 5.32 Å². The van der Waals surface area contributed by atoms with Crippen LogP contribution in [0.15, 0.2) is 23.0 Å². The first kappa shape index (κ1) is 16.4. The highest BCUT2D eigenvalue weighted by Gasteiger charge is 2.21. The zero-order valence-electron chi connectivity index (χ0n) is 13.6. The molecule has 3 N–H and O–H groups in total. The molecule has 1 amide bonds. The first-order chi connectivity index (χ1) is 11.8. The van der Waals surface area contributed by atoms with Gasteiger partial charge in [0.15, 0.2) is 0 Å². The van der Waals surface area contributed by atoms with Crippen molar-refractivity contribution in [2.24, 2.45) is 0 Å². The molecule has 1 aromatic carbocycles. The van der Waals surface area contributed by atoms with Gasteiger partial charge >= 0.3 is 11.4 Å². The molecule has 130 valence electrons. The van der Waals surface area contributed by atoms with E-state index in [1.54, 1.807) is 32.0 Å². The number of nitro groups is 1. The maximum Gasteiger partial charge on any atom is 0.323 e. The van der Waals surface area contributed by atoms with Crippen molar-refractivity contribution >= 4 is 28.3 Å². The molecule has 0 atom stereocenters. The third kappa shape index (κ3) is 3.27. The van der Waals surface area contributed by atoms with E-state index in [0.29, 0.717) is 28.1 Å². The number of rotatable bonds is 5. The van der Waals surface area contributed by atoms with E-state index in [2.05, 4.69) is 20.4 Å². The summed E-state index contributed by atoms with van der Waals surface area (Å²) in [5.41, 5.74) is 2.19. The normalized spacial score (nSPS) is 11.0. The average molecular weight is 344 g/mol. The van der Waals surface area contributed by atoms with Crippen LogP contribution >= 0.6 is 0 Å². The summed E-state index contributed by atoms with van der Waals surface area (Å²) in [5.74, 6) is -0.257. The van der Waals surface area contributed by atoms with Gasteiger partial charge in [0.25, 0.3) is 0 Å². The Morgan fingerprint density at radius 2 is 2.04 bits per heavy atom. The van der Waals surface area contributed by atoms with Gasteiger partial charge in [-0.3, -0.25) is 19.6 Å². The Balaban J connectivity index is 1.67. The number of aromatic nitrogens is 4. The Bertz CT molecular complexity index is 1030. The van der Waals surface area contributed by atoms with Crippen molar-refractivity contribution in [3.8, 4) is 0 Å². The van der Waals surface area contributed by atoms with E-state index in [1.165, 1.54) is 4.68 Å². The van der Waals surface area contributed by atoms with Crippen LogP contribution in [0.5, 0.6) is 0 Å². The number of aromatic amines is 2. The standard InChI is InChI=1S/C15H16N6O4/c1-8-14(21(24)25)9(2)20(19-8)6-5-13(22)16-10-3-4-11-12(7-10)18-15(23)17-11/h3-4,7H,5-6H2,1-2H3,(H,16,22)(H2,17,18,23). The van der Waals surface area contributed by atoms with E-state index in [-0.39, 0.29) is 30.2 Å². The summed E-state index contributed by atoms with van der Waals surface area (Å²) in [6.45, 7) is 3.40. The maximum atomic E-state index is 12.1. The van der Waals surface area contributed by atoms with Gasteiger partial charge in [-0.05, 0) is 32.0 Å². The zero-order valence-corrected chi connectivity index (χ0v) is 13.6. The molecule has 2 heterocycles. The highest BCUT2D eigenvalue weighted by molar-refractivity contribution is 5.92. The van der Waals surface area contributed by atoms with Crippen LogP contribution in [-0.2, 0) is 11.3 Å². The molecule has 0 saturated heterocycles. The van der Waals surface area contributed by atoms with Crippen molar-refractivity contribution in [3.63, 3.8) is 0 Å². The number of H-pyrrole nitrogens is 2. The molecule has 0 unspecified atom stereocenters. The van der Waals surface area contributed by atoms with Crippen molar-refractivity contribution in [2.45, 2.75) is 26.8 Å². The summed E-state index contributed by atoms with van der Waals surface area (Å²) < 4.78 is 1.46. The summed E-state index contributed by atoms with van der Waals surface area (Å²) in [6, 6.07) is 5.02. The van der Waals surface area contributed by atoms with Gasteiger partial charge in [-0.1, -0.05) is 0 Å². The second kappa shape index (κ2) is 6.23. The van der Waals surface area contributed by atoms with Crippen molar-refractivity contribution in [1.82, 2.24) is 19.7 Å². The highest BCUT2D eigenvalue weighted by atomic mass is 16.6. The molecule has 2 aromatic heterocycles. The van der Waals surface area contributed by atoms with Gasteiger partial charge in [0.05, 0.1) is 22.5 Å². The Morgan fingerprint density at radius 3 is 2.72 bits per heavy atom. The van der Waals surface area contributed by atoms with E-state index >= 15 is 0 Å². The van der Waals surface area contributed by atoms with Gasteiger partial charge < -0.3 is 15.3 Å². The monoisotopic (exact) mass is 344 g/mol. The summed E-state index contributed by atoms with van der Waals surface area (Å²) in [7, 11) is 0. The smallest absolute Gasteiger partial charge is 0.323 e. The Labute approximate surface area is 141 Å². The minimum Gasteiger partial charge on any atom is -0.326 e. The Kier molecular flexibility index (Phi) is 4.09. The number of carbonyl (C=O) groups is 1. The van der Waals surface area contributed by atoms with E-state index in [4.69, 9.17) is 0 Å². The molecule has 10 heteroatoms. The number of anilines is 1. The number of amides is 1. The molecule has 0 fully saturated rings. The minimum absolute atomic E-state index is 0.0257. The van der Waals surface area contributed by atoms with Crippen LogP contribution in [0.25, 0.3) is 11.0 Å². The molecule has 0 aliphatic heterocycles. The molecule has 0 bridgehead atoms. The van der Waals surface area contributed by atoms with Crippen LogP contribution in [0.2, 0.25) is 0 Å². The molecular formula is C15H16N6O4. The quantitative estimate of drug-likeness (QED) is 0.476. The fraction of sp³-hybridized carbons (Fsp3) is 0.267. The number of benzene rings is 1. The summed E-state index contributed by atoms with van der Waals surface area (Å²) in [5, 5.41) is 17.8. The van der Waals surface area contributed by atoms with Crippen molar-refractivity contribution < 1.29 is 9.72 Å². The fourth-order valence-electron chi connectivity index (χ4n) is 2.71. The van der Waals surface area contributed by atoms with Crippen LogP contribution < -0.4 is 11.0 Å². The van der Waals surface area contributed by atoms with E-state index < -0.39 is 4.92 Å². The number of hydrogen-bond acceptors (Lipinski definition) is 5. The average Bonchev–Trinajstić information content (AvgIpc) is 3.03. The highest BCUT2D eigenvalue weighted by Crippen LogP contribution is 2.22. The van der Waals surface area contributed by atoms with Crippen molar-refractivity contribution in [1.29, 1.82) is 0 Å². The van der Waals surface area contributed by atoms with E-state index in [1.807, 2.05) is 0 Å². The lowest BCUT2D eigenvalue weighted by Gasteiger charge is -2.06. The van der Waals surface area contributed by atoms with Gasteiger partial charge in [0.2, 0.25) is 5.91 Å². The summed E-state index contributed by atoms with van der Waals surface area (Å²) in [6.07, 6.45) is 0.112. The largest absolute Gasteiger partial charge is 0.326 e. The van der Waals surface area contributed by atoms with Gasteiger partial charge in [0, 0.05) is 12.1 Å². The number of imidazole rings is 1. The molecule has 3 aromatic rings. The van der Waals surface area contributed by atoms with Crippen LogP contribution in [0.4, 0.5) is 11.4 Å². The van der Waals surface area contributed by atoms with Crippen LogP contribution in [0, 0.1) is 24.0 Å². The molecule has 0 aliphatic rings. The van der Waals surface area contributed by atoms with E-state index in [0.717, 1.165) is 0 Å². The maximum absolute atomic E-state index is 12.1. The molecular weight excluding hydrogens is 328 g/mol. The lowest BCUT2D eigenvalue weighted by atomic mass is 10.2. The number of fused-ring (bicyclic) bond motifs is 1. The minimum atomic E-state index is -0.471. The number of hydrogen-bond donors (Lipinski definition) is 3. The lowest BCUT2D eigenvalue weighted by Crippen LogP contribution is -2.15. The molecule has 0 aliphatic carbocycles. The van der Waals surface area contributed by atoms with Gasteiger partial charge in [-0.15, -0.1) is 0 Å². The lowest BCUT2D eigenvalue weighted by molar-refractivity contribution is -0.386. The molecule has 25 heavy (non-hydrogen) atoms. The van der Waals surface area contributed by atoms with E-state index in [9.17, 15) is 19.7 Å². The first-order valence-corrected chi connectivity index (χ1v) is 7.55. The SMILES string of the molecule is Cc1nn(CCC(=O)Nc2ccc3[nH]c(=O)[nH]c3c2)c(C)c1[N+](=O)[O-]. The molecule has 3 rings (SSSR count). The Hall–Kier alpha value is -3.43. The number of carbonyl (C=O) groups excluding carboxylic acids is 1. The van der Waals surface area contributed by atoms with Crippen molar-refractivity contribution in [3.05, 3.63) is 50.2 Å². The molecule has 0 radical (unpaired) electrons. The van der Waals surface area contributed by atoms with Crippen LogP contribution in [0.3, 0.4) is 0 Å². The predicted octanol–water partition coefficient (Wildman–Crippen LogP) is 1.61. The third-order valence-electron chi connectivity index (χ3n) is 3.88. The van der Waals surface area contributed by atoms with Crippen LogP contribution in [-0.4, -0.2) is 30.6 Å². The fourth-order valence-corrected chi connectivity index (χ4v) is 2.71. The number of nitrogens with zero attached hydrogens (tertiary/aromatic N) is 3. The summed E-state index contributed by atoms with van der Waals surface area (Å²) >= 11 is 0. The predicted molar refractivity (Wildman–Crippen MR) is 90.5 cm³/mol. The van der Waals surface area contributed by atoms with Gasteiger partial charge in [0.1, 0.15) is 11.4 Å². The summed E-state index contributed by atoms with van der Waals surface area (Å²) in [4.78, 5) is 39.1.